The summed E-state index contributed by atoms with van der Waals surface area (Å²) in [6.45, 7) is 5.19. The zero-order chi connectivity index (χ0) is 6.83. The van der Waals surface area contributed by atoms with Gasteiger partial charge in [-0.15, -0.1) is 18.8 Å². The maximum Gasteiger partial charge on any atom is 0.00576 e. The van der Waals surface area contributed by atoms with E-state index < -0.39 is 0 Å². The Morgan fingerprint density at radius 1 is 1.62 bits per heavy atom. The van der Waals surface area contributed by atoms with E-state index in [1.54, 1.807) is 0 Å². The van der Waals surface area contributed by atoms with Crippen molar-refractivity contribution >= 4 is 0 Å². The second-order valence-electron chi connectivity index (χ2n) is 0.928. The van der Waals surface area contributed by atoms with Crippen molar-refractivity contribution in [2.45, 2.75) is 13.3 Å². The number of allylic oxidation sites excluding steroid dienone is 1. The van der Waals surface area contributed by atoms with Crippen LogP contribution in [0.15, 0.2) is 12.7 Å². The molecule has 0 radical (unpaired) electrons. The molecule has 0 N–H and O–H groups in total. The van der Waals surface area contributed by atoms with E-state index in [1.807, 2.05) is 6.92 Å². The van der Waals surface area contributed by atoms with E-state index in [1.165, 1.54) is 6.08 Å². The highest BCUT2D eigenvalue weighted by Crippen LogP contribution is 1.58. The minimum absolute atomic E-state index is 0.847. The average molecular weight is 106 g/mol. The molecule has 0 aromatic rings. The molecule has 0 heteroatoms. The number of terminal acetylenes is 2. The molecule has 0 heterocycles. The summed E-state index contributed by atoms with van der Waals surface area (Å²) in [5.74, 6) is 4.62. The fourth-order valence-corrected chi connectivity index (χ4v) is 0. The molecule has 0 aliphatic rings. The predicted molar refractivity (Wildman–Crippen MR) is 38.2 cm³/mol. The van der Waals surface area contributed by atoms with E-state index in [4.69, 9.17) is 6.42 Å². The lowest BCUT2D eigenvalue weighted by Crippen LogP contribution is -1.38. The van der Waals surface area contributed by atoms with Crippen molar-refractivity contribution in [1.82, 2.24) is 0 Å². The molecule has 0 saturated carbocycles. The molecule has 42 valence electrons. The molecule has 0 aromatic heterocycles. The van der Waals surface area contributed by atoms with Gasteiger partial charge in [0.15, 0.2) is 0 Å². The normalized spacial score (nSPS) is 4.38. The minimum Gasteiger partial charge on any atom is -0.120 e. The van der Waals surface area contributed by atoms with E-state index >= 15 is 0 Å². The van der Waals surface area contributed by atoms with Gasteiger partial charge in [-0.2, -0.15) is 0 Å². The summed E-state index contributed by atoms with van der Waals surface area (Å²) in [6, 6.07) is 0. The zero-order valence-corrected chi connectivity index (χ0v) is 5.15. The summed E-state index contributed by atoms with van der Waals surface area (Å²) in [5, 5.41) is 0. The molecule has 0 nitrogen and oxygen atoms in total. The van der Waals surface area contributed by atoms with E-state index in [9.17, 15) is 0 Å². The van der Waals surface area contributed by atoms with Crippen LogP contribution in [0.2, 0.25) is 0 Å². The SMILES string of the molecule is C#CC=C.C#CCC. The van der Waals surface area contributed by atoms with E-state index in [0.717, 1.165) is 6.42 Å². The first kappa shape index (κ1) is 9.97. The van der Waals surface area contributed by atoms with Gasteiger partial charge in [0, 0.05) is 6.42 Å². The number of hydrogen-bond donors (Lipinski definition) is 0. The summed E-state index contributed by atoms with van der Waals surface area (Å²) in [4.78, 5) is 0. The van der Waals surface area contributed by atoms with Crippen molar-refractivity contribution in [2.75, 3.05) is 0 Å². The smallest absolute Gasteiger partial charge is 0.00576 e. The lowest BCUT2D eigenvalue weighted by molar-refractivity contribution is 1.28. The molecular weight excluding hydrogens is 96.1 g/mol. The van der Waals surface area contributed by atoms with Gasteiger partial charge in [0.2, 0.25) is 0 Å². The van der Waals surface area contributed by atoms with Gasteiger partial charge in [-0.3, -0.25) is 0 Å². The van der Waals surface area contributed by atoms with Crippen LogP contribution < -0.4 is 0 Å². The lowest BCUT2D eigenvalue weighted by atomic mass is 10.5. The Morgan fingerprint density at radius 3 is 1.88 bits per heavy atom. The van der Waals surface area contributed by atoms with Crippen molar-refractivity contribution in [3.8, 4) is 24.7 Å². The standard InChI is InChI=1S/C4H6.C4H4/c2*1-3-4-2/h1H,4H2,2H3;1,4H,2H2. The first-order valence-corrected chi connectivity index (χ1v) is 2.33. The molecule has 8 heavy (non-hydrogen) atoms. The van der Waals surface area contributed by atoms with Crippen LogP contribution in [0.5, 0.6) is 0 Å². The number of hydrogen-bond acceptors (Lipinski definition) is 0. The Hall–Kier alpha value is -1.14. The Kier molecular flexibility index (Phi) is 21.1. The molecule has 0 aliphatic heterocycles. The summed E-state index contributed by atoms with van der Waals surface area (Å²) < 4.78 is 0. The van der Waals surface area contributed by atoms with E-state index in [2.05, 4.69) is 24.8 Å². The van der Waals surface area contributed by atoms with E-state index in [0.29, 0.717) is 0 Å². The van der Waals surface area contributed by atoms with Crippen LogP contribution in [0.3, 0.4) is 0 Å². The molecule has 0 rings (SSSR count). The molecule has 0 atom stereocenters. The maximum atomic E-state index is 4.78. The molecule has 0 fully saturated rings. The van der Waals surface area contributed by atoms with Gasteiger partial charge < -0.3 is 0 Å². The van der Waals surface area contributed by atoms with Gasteiger partial charge in [-0.1, -0.05) is 19.4 Å². The Balaban J connectivity index is 0. The highest BCUT2D eigenvalue weighted by Gasteiger charge is 1.43. The summed E-state index contributed by atoms with van der Waals surface area (Å²) in [6.07, 6.45) is 11.7. The molecule has 0 bridgehead atoms. The van der Waals surface area contributed by atoms with Crippen molar-refractivity contribution in [2.24, 2.45) is 0 Å². The maximum absolute atomic E-state index is 4.78. The van der Waals surface area contributed by atoms with Crippen LogP contribution in [0, 0.1) is 24.7 Å². The first-order chi connectivity index (χ1) is 3.83. The third-order valence-corrected chi connectivity index (χ3v) is 0.322. The van der Waals surface area contributed by atoms with Gasteiger partial charge in [-0.25, -0.2) is 0 Å². The van der Waals surface area contributed by atoms with Crippen LogP contribution in [0.4, 0.5) is 0 Å². The van der Waals surface area contributed by atoms with Crippen molar-refractivity contribution in [3.63, 3.8) is 0 Å². The van der Waals surface area contributed by atoms with Gasteiger partial charge in [-0.05, 0) is 6.08 Å². The topological polar surface area (TPSA) is 0 Å². The Morgan fingerprint density at radius 2 is 1.88 bits per heavy atom. The third-order valence-electron chi connectivity index (χ3n) is 0.322. The highest BCUT2D eigenvalue weighted by molar-refractivity contribution is 5.03. The highest BCUT2D eigenvalue weighted by atomic mass is 13.5. The molecule has 0 aromatic carbocycles. The van der Waals surface area contributed by atoms with Crippen LogP contribution in [0.25, 0.3) is 0 Å². The van der Waals surface area contributed by atoms with Crippen molar-refractivity contribution in [3.05, 3.63) is 12.7 Å². The van der Waals surface area contributed by atoms with E-state index in [-0.39, 0.29) is 0 Å². The Bertz CT molecular complexity index is 107. The second-order valence-corrected chi connectivity index (χ2v) is 0.928. The number of rotatable bonds is 0. The predicted octanol–water partition coefficient (Wildman–Crippen LogP) is 1.84. The van der Waals surface area contributed by atoms with Gasteiger partial charge in [0.05, 0.1) is 0 Å². The third kappa shape index (κ3) is 97.9. The summed E-state index contributed by atoms with van der Waals surface area (Å²) >= 11 is 0. The quantitative estimate of drug-likeness (QED) is 0.413. The fourth-order valence-electron chi connectivity index (χ4n) is 0. The van der Waals surface area contributed by atoms with Crippen LogP contribution in [-0.4, -0.2) is 0 Å². The largest absolute Gasteiger partial charge is 0.120 e. The molecule has 0 saturated heterocycles. The van der Waals surface area contributed by atoms with Crippen LogP contribution >= 0.6 is 0 Å². The van der Waals surface area contributed by atoms with Crippen molar-refractivity contribution < 1.29 is 0 Å². The molecule has 0 amide bonds. The first-order valence-electron chi connectivity index (χ1n) is 2.33. The van der Waals surface area contributed by atoms with Gasteiger partial charge in [0.1, 0.15) is 0 Å². The van der Waals surface area contributed by atoms with Gasteiger partial charge >= 0.3 is 0 Å². The molecular formula is C8H10. The zero-order valence-electron chi connectivity index (χ0n) is 5.15. The molecule has 0 spiro atoms. The van der Waals surface area contributed by atoms with Crippen LogP contribution in [0.1, 0.15) is 13.3 Å². The second kappa shape index (κ2) is 16.9. The molecule has 0 aliphatic carbocycles. The lowest BCUT2D eigenvalue weighted by Gasteiger charge is -1.52. The minimum atomic E-state index is 0.847. The van der Waals surface area contributed by atoms with Crippen molar-refractivity contribution in [1.29, 1.82) is 0 Å². The Labute approximate surface area is 51.6 Å². The summed E-state index contributed by atoms with van der Waals surface area (Å²) in [5.41, 5.74) is 0. The molecule has 0 unspecified atom stereocenters. The van der Waals surface area contributed by atoms with Crippen LogP contribution in [-0.2, 0) is 0 Å². The average Bonchev–Trinajstić information content (AvgIpc) is 1.88. The summed E-state index contributed by atoms with van der Waals surface area (Å²) in [7, 11) is 0. The monoisotopic (exact) mass is 106 g/mol. The fraction of sp³-hybridized carbons (Fsp3) is 0.250. The van der Waals surface area contributed by atoms with Gasteiger partial charge in [0.25, 0.3) is 0 Å².